The van der Waals surface area contributed by atoms with Crippen LogP contribution in [0.25, 0.3) is 0 Å². The molecule has 0 bridgehead atoms. The summed E-state index contributed by atoms with van der Waals surface area (Å²) in [6, 6.07) is 9.36. The Morgan fingerprint density at radius 2 is 1.69 bits per heavy atom. The van der Waals surface area contributed by atoms with Crippen molar-refractivity contribution in [3.05, 3.63) is 52.6 Å². The molecule has 3 N–H and O–H groups in total. The number of hydrogen-bond acceptors (Lipinski definition) is 3. The summed E-state index contributed by atoms with van der Waals surface area (Å²) in [4.78, 5) is 17.9. The normalized spacial score (nSPS) is 11.8. The van der Waals surface area contributed by atoms with Crippen LogP contribution >= 0.6 is 7.60 Å². The number of rotatable bonds is 7. The quantitative estimate of drug-likeness (QED) is 0.588. The molecule has 5 nitrogen and oxygen atoms in total. The van der Waals surface area contributed by atoms with Crippen molar-refractivity contribution in [1.29, 1.82) is 0 Å². The number of hydrogen-bond donors (Lipinski definition) is 3. The molecule has 0 radical (unpaired) electrons. The molecule has 142 valence electrons. The fraction of sp³-hybridized carbons (Fsp3) is 0.400. The maximum absolute atomic E-state index is 11.0. The number of phenols is 1. The molecule has 0 saturated heterocycles. The first-order valence-electron chi connectivity index (χ1n) is 8.72. The van der Waals surface area contributed by atoms with E-state index in [1.165, 1.54) is 0 Å². The molecule has 0 aliphatic heterocycles. The van der Waals surface area contributed by atoms with Crippen LogP contribution in [0.3, 0.4) is 0 Å². The van der Waals surface area contributed by atoms with Crippen LogP contribution in [-0.4, -0.2) is 21.1 Å². The number of aromatic hydroxyl groups is 1. The number of aryl methyl sites for hydroxylation is 3. The van der Waals surface area contributed by atoms with Crippen LogP contribution in [0, 0.1) is 13.8 Å². The van der Waals surface area contributed by atoms with Crippen LogP contribution in [0.2, 0.25) is 0 Å². The van der Waals surface area contributed by atoms with Gasteiger partial charge in [0.25, 0.3) is 0 Å². The molecule has 0 aliphatic rings. The maximum atomic E-state index is 11.0. The molecule has 0 amide bonds. The maximum Gasteiger partial charge on any atom is 0.325 e. The minimum Gasteiger partial charge on any atom is -0.504 e. The van der Waals surface area contributed by atoms with Gasteiger partial charge in [0, 0.05) is 0 Å². The number of ether oxygens (including phenoxy) is 1. The van der Waals surface area contributed by atoms with Crippen molar-refractivity contribution in [3.63, 3.8) is 0 Å². The van der Waals surface area contributed by atoms with Crippen LogP contribution in [0.5, 0.6) is 17.2 Å². The van der Waals surface area contributed by atoms with Crippen molar-refractivity contribution < 1.29 is 24.2 Å². The van der Waals surface area contributed by atoms with E-state index in [1.54, 1.807) is 12.1 Å². The Morgan fingerprint density at radius 3 is 2.19 bits per heavy atom. The van der Waals surface area contributed by atoms with Crippen molar-refractivity contribution >= 4 is 7.60 Å². The van der Waals surface area contributed by atoms with Gasteiger partial charge in [0.05, 0.1) is 6.16 Å². The molecular formula is C20H27O5P. The molecule has 0 fully saturated rings. The van der Waals surface area contributed by atoms with E-state index in [1.807, 2.05) is 32.0 Å². The average Bonchev–Trinajstić information content (AvgIpc) is 2.50. The van der Waals surface area contributed by atoms with Crippen molar-refractivity contribution in [2.24, 2.45) is 0 Å². The van der Waals surface area contributed by atoms with Gasteiger partial charge in [-0.2, -0.15) is 0 Å². The standard InChI is InChI=1S/C20H27O5P/c1-13(2)17-7-8-19(18(21)12-17)25-20-14(3)10-16(11-15(20)4)6-5-9-26(22,23)24/h7-8,10-13,21H,5-6,9H2,1-4H3,(H2,22,23,24). The lowest BCUT2D eigenvalue weighted by atomic mass is 10.0. The van der Waals surface area contributed by atoms with Crippen LogP contribution in [0.4, 0.5) is 0 Å². The third kappa shape index (κ3) is 5.60. The molecule has 2 aromatic rings. The van der Waals surface area contributed by atoms with Gasteiger partial charge in [-0.15, -0.1) is 0 Å². The second kappa shape index (κ2) is 8.26. The van der Waals surface area contributed by atoms with Crippen molar-refractivity contribution in [3.8, 4) is 17.2 Å². The predicted molar refractivity (Wildman–Crippen MR) is 103 cm³/mol. The van der Waals surface area contributed by atoms with E-state index in [9.17, 15) is 9.67 Å². The lowest BCUT2D eigenvalue weighted by Gasteiger charge is -2.16. The first-order chi connectivity index (χ1) is 12.1. The van der Waals surface area contributed by atoms with E-state index in [-0.39, 0.29) is 11.9 Å². The average molecular weight is 378 g/mol. The summed E-state index contributed by atoms with van der Waals surface area (Å²) >= 11 is 0. The third-order valence-corrected chi connectivity index (χ3v) is 5.20. The molecule has 6 heteroatoms. The van der Waals surface area contributed by atoms with Gasteiger partial charge in [-0.1, -0.05) is 32.0 Å². The largest absolute Gasteiger partial charge is 0.504 e. The minimum absolute atomic E-state index is 0.112. The summed E-state index contributed by atoms with van der Waals surface area (Å²) in [7, 11) is -3.95. The second-order valence-corrected chi connectivity index (χ2v) is 8.81. The molecule has 2 aromatic carbocycles. The fourth-order valence-corrected chi connectivity index (χ4v) is 3.49. The summed E-state index contributed by atoms with van der Waals surface area (Å²) in [6.07, 6.45) is 0.918. The van der Waals surface area contributed by atoms with Crippen LogP contribution in [0.15, 0.2) is 30.3 Å². The van der Waals surface area contributed by atoms with Crippen LogP contribution in [-0.2, 0) is 11.0 Å². The molecule has 0 aliphatic carbocycles. The molecule has 0 aromatic heterocycles. The Morgan fingerprint density at radius 1 is 1.08 bits per heavy atom. The highest BCUT2D eigenvalue weighted by Gasteiger charge is 2.14. The molecule has 26 heavy (non-hydrogen) atoms. The zero-order valence-corrected chi connectivity index (χ0v) is 16.6. The van der Waals surface area contributed by atoms with Crippen molar-refractivity contribution in [2.45, 2.75) is 46.5 Å². The van der Waals surface area contributed by atoms with Gasteiger partial charge >= 0.3 is 7.60 Å². The van der Waals surface area contributed by atoms with Crippen molar-refractivity contribution in [2.75, 3.05) is 6.16 Å². The summed E-state index contributed by atoms with van der Waals surface area (Å²) < 4.78 is 16.9. The Hall–Kier alpha value is -1.81. The molecule has 0 unspecified atom stereocenters. The number of benzene rings is 2. The van der Waals surface area contributed by atoms with Gasteiger partial charge in [0.15, 0.2) is 11.5 Å². The van der Waals surface area contributed by atoms with E-state index in [0.29, 0.717) is 30.3 Å². The monoisotopic (exact) mass is 378 g/mol. The van der Waals surface area contributed by atoms with Crippen LogP contribution in [0.1, 0.15) is 48.4 Å². The first-order valence-corrected chi connectivity index (χ1v) is 10.5. The molecule has 2 rings (SSSR count). The first kappa shape index (κ1) is 20.5. The highest BCUT2D eigenvalue weighted by molar-refractivity contribution is 7.51. The Balaban J connectivity index is 2.17. The zero-order valence-electron chi connectivity index (χ0n) is 15.7. The van der Waals surface area contributed by atoms with Gasteiger partial charge in [0.2, 0.25) is 0 Å². The van der Waals surface area contributed by atoms with Crippen molar-refractivity contribution in [1.82, 2.24) is 0 Å². The van der Waals surface area contributed by atoms with Gasteiger partial charge < -0.3 is 19.6 Å². The van der Waals surface area contributed by atoms with E-state index in [0.717, 1.165) is 22.3 Å². The lowest BCUT2D eigenvalue weighted by Crippen LogP contribution is -1.97. The van der Waals surface area contributed by atoms with Gasteiger partial charge in [-0.3, -0.25) is 4.57 Å². The topological polar surface area (TPSA) is 87.0 Å². The summed E-state index contributed by atoms with van der Waals surface area (Å²) in [5.41, 5.74) is 3.90. The smallest absolute Gasteiger partial charge is 0.325 e. The zero-order chi connectivity index (χ0) is 19.5. The summed E-state index contributed by atoms with van der Waals surface area (Å²) in [5, 5.41) is 10.2. The van der Waals surface area contributed by atoms with E-state index in [4.69, 9.17) is 14.5 Å². The van der Waals surface area contributed by atoms with Gasteiger partial charge in [0.1, 0.15) is 5.75 Å². The molecule has 0 heterocycles. The third-order valence-electron chi connectivity index (χ3n) is 4.30. The Labute approximate surface area is 154 Å². The number of phenolic OH excluding ortho intramolecular Hbond substituents is 1. The highest BCUT2D eigenvalue weighted by atomic mass is 31.2. The highest BCUT2D eigenvalue weighted by Crippen LogP contribution is 2.38. The van der Waals surface area contributed by atoms with E-state index in [2.05, 4.69) is 13.8 Å². The molecule has 0 spiro atoms. The summed E-state index contributed by atoms with van der Waals surface area (Å²) in [5.74, 6) is 1.54. The molecule has 0 atom stereocenters. The van der Waals surface area contributed by atoms with Gasteiger partial charge in [-0.25, -0.2) is 0 Å². The summed E-state index contributed by atoms with van der Waals surface area (Å²) in [6.45, 7) is 7.98. The van der Waals surface area contributed by atoms with E-state index < -0.39 is 7.60 Å². The lowest BCUT2D eigenvalue weighted by molar-refractivity contribution is 0.371. The SMILES string of the molecule is Cc1cc(CCCP(=O)(O)O)cc(C)c1Oc1ccc(C(C)C)cc1O. The molecular weight excluding hydrogens is 351 g/mol. The fourth-order valence-electron chi connectivity index (χ4n) is 2.92. The predicted octanol–water partition coefficient (Wildman–Crippen LogP) is 5.04. The van der Waals surface area contributed by atoms with E-state index >= 15 is 0 Å². The van der Waals surface area contributed by atoms with Crippen LogP contribution < -0.4 is 4.74 Å². The molecule has 0 saturated carbocycles. The Kier molecular flexibility index (Phi) is 6.51. The Bertz CT molecular complexity index is 800. The minimum atomic E-state index is -3.95. The van der Waals surface area contributed by atoms with Gasteiger partial charge in [-0.05, 0) is 67.0 Å². The second-order valence-electron chi connectivity index (χ2n) is 7.03.